The first-order valence-corrected chi connectivity index (χ1v) is 26.9. The highest BCUT2D eigenvalue weighted by Gasteiger charge is 2.15. The summed E-state index contributed by atoms with van der Waals surface area (Å²) in [6, 6.07) is 32.7. The molecule has 9 aromatic heterocycles. The van der Waals surface area contributed by atoms with Gasteiger partial charge in [0, 0.05) is 83.3 Å². The van der Waals surface area contributed by atoms with E-state index >= 15 is 0 Å². The first-order chi connectivity index (χ1) is 40.7. The molecule has 0 aliphatic carbocycles. The minimum Gasteiger partial charge on any atom is -0.508 e. The van der Waals surface area contributed by atoms with Crippen LogP contribution in [-0.4, -0.2) is 97.7 Å². The molecule has 12 aromatic rings. The zero-order valence-electron chi connectivity index (χ0n) is 46.6. The summed E-state index contributed by atoms with van der Waals surface area (Å²) >= 11 is 6.11. The molecular formula is C62H59ClF3N15O3. The number of aromatic hydroxyl groups is 1. The summed E-state index contributed by atoms with van der Waals surface area (Å²) in [5.74, 6) is 2.34. The number of phenolic OH excluding ortho intramolecular Hbond substituents is 1. The number of pyridine rings is 3. The van der Waals surface area contributed by atoms with E-state index in [0.717, 1.165) is 76.5 Å². The van der Waals surface area contributed by atoms with E-state index in [-0.39, 0.29) is 5.75 Å². The first-order valence-electron chi connectivity index (χ1n) is 26.5. The molecule has 428 valence electrons. The zero-order valence-corrected chi connectivity index (χ0v) is 47.3. The molecule has 3 aromatic carbocycles. The van der Waals surface area contributed by atoms with Crippen LogP contribution in [-0.2, 0) is 19.3 Å². The smallest absolute Gasteiger partial charge is 0.160 e. The van der Waals surface area contributed by atoms with Crippen LogP contribution in [0.4, 0.5) is 24.8 Å². The molecule has 0 aliphatic rings. The Hall–Kier alpha value is -9.99. The van der Waals surface area contributed by atoms with Crippen molar-refractivity contribution in [3.8, 4) is 51.0 Å². The summed E-state index contributed by atoms with van der Waals surface area (Å²) in [5.41, 5.74) is 17.4. The summed E-state index contributed by atoms with van der Waals surface area (Å²) < 4.78 is 55.7. The largest absolute Gasteiger partial charge is 0.508 e. The molecule has 0 bridgehead atoms. The van der Waals surface area contributed by atoms with Crippen LogP contribution in [0.3, 0.4) is 0 Å². The number of nitrogens with two attached hydrogens (primary N) is 1. The molecule has 0 atom stereocenters. The maximum atomic E-state index is 13.6. The number of anilines is 2. The monoisotopic (exact) mass is 1150 g/mol. The molecule has 18 nitrogen and oxygen atoms in total. The fourth-order valence-electron chi connectivity index (χ4n) is 8.74. The van der Waals surface area contributed by atoms with Crippen molar-refractivity contribution in [1.29, 1.82) is 0 Å². The fourth-order valence-corrected chi connectivity index (χ4v) is 8.96. The highest BCUT2D eigenvalue weighted by Crippen LogP contribution is 2.27. The van der Waals surface area contributed by atoms with Crippen LogP contribution in [0.5, 0.6) is 17.2 Å². The third kappa shape index (κ3) is 14.9. The summed E-state index contributed by atoms with van der Waals surface area (Å²) in [4.78, 5) is 25.3. The quantitative estimate of drug-likeness (QED) is 0.0702. The Kier molecular flexibility index (Phi) is 19.3. The molecule has 0 spiro atoms. The number of halogens is 4. The number of ether oxygens (including phenoxy) is 2. The SMILES string of the molecule is COc1cccc(CCN)c1.COc1cccc(CCNc2cc(-c3cncc(F)c3)nc3c(C)cnn23)c1.Cc1cnn2c(Cl)cc(-c3cncc(F)c3)nc12.Cc1cnn2c(NCCc3cccc(O)c3)cc(-c3cncc(F)c3)nc12. The van der Waals surface area contributed by atoms with Crippen molar-refractivity contribution >= 4 is 40.2 Å². The fraction of sp³-hybridized carbons (Fsp3) is 0.177. The number of methoxy groups -OCH3 is 2. The van der Waals surface area contributed by atoms with Crippen molar-refractivity contribution in [1.82, 2.24) is 58.7 Å². The van der Waals surface area contributed by atoms with Crippen LogP contribution >= 0.6 is 11.6 Å². The highest BCUT2D eigenvalue weighted by atomic mass is 35.5. The first kappa shape index (κ1) is 58.7. The number of hydrogen-bond donors (Lipinski definition) is 4. The summed E-state index contributed by atoms with van der Waals surface area (Å²) in [7, 11) is 3.33. The molecule has 0 fully saturated rings. The van der Waals surface area contributed by atoms with E-state index < -0.39 is 17.5 Å². The summed E-state index contributed by atoms with van der Waals surface area (Å²) in [6.07, 6.45) is 15.9. The lowest BCUT2D eigenvalue weighted by Crippen LogP contribution is -2.10. The molecule has 0 unspecified atom stereocenters. The average Bonchev–Trinajstić information content (AvgIpc) is 3.88. The zero-order chi connectivity index (χ0) is 59.1. The van der Waals surface area contributed by atoms with Crippen molar-refractivity contribution in [2.24, 2.45) is 5.73 Å². The Morgan fingerprint density at radius 2 is 0.881 bits per heavy atom. The van der Waals surface area contributed by atoms with Gasteiger partial charge >= 0.3 is 0 Å². The van der Waals surface area contributed by atoms with Gasteiger partial charge in [-0.2, -0.15) is 24.3 Å². The molecule has 9 heterocycles. The van der Waals surface area contributed by atoms with E-state index in [0.29, 0.717) is 69.9 Å². The maximum Gasteiger partial charge on any atom is 0.160 e. The average molecular weight is 1150 g/mol. The van der Waals surface area contributed by atoms with Gasteiger partial charge in [0.1, 0.15) is 51.5 Å². The van der Waals surface area contributed by atoms with Crippen LogP contribution in [0.25, 0.3) is 50.7 Å². The molecule has 84 heavy (non-hydrogen) atoms. The van der Waals surface area contributed by atoms with Gasteiger partial charge in [-0.1, -0.05) is 48.0 Å². The van der Waals surface area contributed by atoms with Crippen LogP contribution < -0.4 is 25.8 Å². The number of hydrogen-bond acceptors (Lipinski definition) is 15. The second-order valence-corrected chi connectivity index (χ2v) is 19.5. The molecule has 0 amide bonds. The van der Waals surface area contributed by atoms with Gasteiger partial charge in [0.15, 0.2) is 16.9 Å². The minimum absolute atomic E-state index is 0.252. The van der Waals surface area contributed by atoms with E-state index in [2.05, 4.69) is 68.0 Å². The lowest BCUT2D eigenvalue weighted by atomic mass is 10.1. The summed E-state index contributed by atoms with van der Waals surface area (Å²) in [6.45, 7) is 7.79. The predicted octanol–water partition coefficient (Wildman–Crippen LogP) is 11.6. The Morgan fingerprint density at radius 1 is 0.488 bits per heavy atom. The van der Waals surface area contributed by atoms with E-state index in [9.17, 15) is 18.3 Å². The second kappa shape index (κ2) is 27.7. The number of rotatable bonds is 15. The number of benzene rings is 3. The van der Waals surface area contributed by atoms with Gasteiger partial charge in [0.05, 0.1) is 68.5 Å². The van der Waals surface area contributed by atoms with Gasteiger partial charge in [-0.05, 0) is 118 Å². The van der Waals surface area contributed by atoms with Crippen molar-refractivity contribution in [2.45, 2.75) is 40.0 Å². The molecule has 0 saturated heterocycles. The van der Waals surface area contributed by atoms with Gasteiger partial charge in [0.25, 0.3) is 0 Å². The van der Waals surface area contributed by atoms with Crippen LogP contribution in [0.1, 0.15) is 33.4 Å². The van der Waals surface area contributed by atoms with Crippen LogP contribution in [0.2, 0.25) is 5.15 Å². The molecule has 5 N–H and O–H groups in total. The highest BCUT2D eigenvalue weighted by molar-refractivity contribution is 6.30. The molecular weight excluding hydrogens is 1100 g/mol. The Labute approximate surface area is 486 Å². The Balaban J connectivity index is 0.000000141. The lowest BCUT2D eigenvalue weighted by Gasteiger charge is -2.11. The predicted molar refractivity (Wildman–Crippen MR) is 319 cm³/mol. The Bertz CT molecular complexity index is 4200. The third-order valence-corrected chi connectivity index (χ3v) is 13.2. The van der Waals surface area contributed by atoms with E-state index in [1.807, 2.05) is 81.4 Å². The normalized spacial score (nSPS) is 10.8. The van der Waals surface area contributed by atoms with Crippen molar-refractivity contribution in [2.75, 3.05) is 44.5 Å². The second-order valence-electron chi connectivity index (χ2n) is 19.1. The number of aromatic nitrogens is 12. The number of nitrogens with one attached hydrogen (secondary N) is 2. The summed E-state index contributed by atoms with van der Waals surface area (Å²) in [5, 5.41) is 29.7. The minimum atomic E-state index is -0.407. The standard InChI is InChI=1S/C21H20FN5O.C20H18FN5O.C12H8ClFN4.C9H13NO/c1-14-11-25-27-20(24-7-6-15-4-3-5-18(8-15)28-2)10-19(26-21(14)27)16-9-17(22)13-23-12-16;1-13-10-24-26-19(23-6-5-14-3-2-4-17(27)7-14)9-18(25-20(13)26)15-8-16(21)12-22-11-15;1-7-4-16-18-11(13)3-10(17-12(7)18)8-2-9(14)6-15-5-8;1-11-9-4-2-3-8(7-9)5-6-10/h3-5,8-13,24H,6-7H2,1-2H3;2-4,7-12,23,27H,5-6H2,1H3;2-6H,1H3;2-4,7H,5-6,10H2,1H3. The van der Waals surface area contributed by atoms with Gasteiger partial charge in [-0.3, -0.25) is 15.0 Å². The number of nitrogens with zero attached hydrogens (tertiary/aromatic N) is 12. The van der Waals surface area contributed by atoms with Crippen molar-refractivity contribution in [3.05, 3.63) is 221 Å². The third-order valence-electron chi connectivity index (χ3n) is 13.0. The maximum absolute atomic E-state index is 13.6. The van der Waals surface area contributed by atoms with E-state index in [1.165, 1.54) is 46.2 Å². The van der Waals surface area contributed by atoms with Gasteiger partial charge in [-0.25, -0.2) is 32.6 Å². The number of aryl methyl sites for hydroxylation is 3. The molecule has 0 saturated carbocycles. The van der Waals surface area contributed by atoms with Crippen LogP contribution in [0.15, 0.2) is 165 Å². The van der Waals surface area contributed by atoms with E-state index in [4.69, 9.17) is 26.8 Å². The topological polar surface area (TPSA) is 218 Å². The van der Waals surface area contributed by atoms with Crippen molar-refractivity contribution < 1.29 is 27.8 Å². The Morgan fingerprint density at radius 3 is 1.30 bits per heavy atom. The lowest BCUT2D eigenvalue weighted by molar-refractivity contribution is 0.414. The number of fused-ring (bicyclic) bond motifs is 3. The van der Waals surface area contributed by atoms with Gasteiger partial charge in [-0.15, -0.1) is 0 Å². The number of phenols is 1. The van der Waals surface area contributed by atoms with Gasteiger partial charge < -0.3 is 30.9 Å². The molecule has 22 heteroatoms. The van der Waals surface area contributed by atoms with Gasteiger partial charge in [0.2, 0.25) is 0 Å². The van der Waals surface area contributed by atoms with Crippen molar-refractivity contribution in [3.63, 3.8) is 0 Å². The molecule has 0 radical (unpaired) electrons. The van der Waals surface area contributed by atoms with E-state index in [1.54, 1.807) is 78.6 Å². The van der Waals surface area contributed by atoms with Crippen LogP contribution in [0, 0.1) is 38.2 Å². The molecule has 12 rings (SSSR count). The molecule has 0 aliphatic heterocycles.